The summed E-state index contributed by atoms with van der Waals surface area (Å²) in [6.07, 6.45) is 0.976. The number of esters is 1. The molecule has 0 aromatic rings. The third kappa shape index (κ3) is 5.88. The normalized spacial score (nSPS) is 19.2. The molecule has 0 radical (unpaired) electrons. The number of ether oxygens (including phenoxy) is 2. The van der Waals surface area contributed by atoms with Gasteiger partial charge in [-0.2, -0.15) is 0 Å². The summed E-state index contributed by atoms with van der Waals surface area (Å²) in [5.41, 5.74) is 0. The number of hydrogen-bond acceptors (Lipinski definition) is 5. The largest absolute Gasteiger partial charge is 0.465 e. The minimum Gasteiger partial charge on any atom is -0.465 e. The van der Waals surface area contributed by atoms with Gasteiger partial charge in [0.15, 0.2) is 0 Å². The Kier molecular flexibility index (Phi) is 7.54. The van der Waals surface area contributed by atoms with Crippen molar-refractivity contribution in [3.05, 3.63) is 0 Å². The van der Waals surface area contributed by atoms with E-state index >= 15 is 0 Å². The minimum absolute atomic E-state index is 0.0536. The molecule has 1 aliphatic heterocycles. The zero-order valence-electron chi connectivity index (χ0n) is 12.8. The van der Waals surface area contributed by atoms with Crippen molar-refractivity contribution in [2.75, 3.05) is 45.9 Å². The van der Waals surface area contributed by atoms with Gasteiger partial charge in [0.05, 0.1) is 32.4 Å². The average Bonchev–Trinajstić information content (AvgIpc) is 2.39. The van der Waals surface area contributed by atoms with E-state index < -0.39 is 0 Å². The second-order valence-electron chi connectivity index (χ2n) is 5.04. The number of amides is 1. The van der Waals surface area contributed by atoms with E-state index in [0.717, 1.165) is 6.42 Å². The quantitative estimate of drug-likeness (QED) is 0.638. The number of rotatable bonds is 7. The molecule has 1 aliphatic rings. The molecule has 20 heavy (non-hydrogen) atoms. The summed E-state index contributed by atoms with van der Waals surface area (Å²) in [5, 5.41) is 0. The zero-order chi connectivity index (χ0) is 15.0. The average molecular weight is 286 g/mol. The molecule has 6 nitrogen and oxygen atoms in total. The van der Waals surface area contributed by atoms with Crippen LogP contribution in [-0.2, 0) is 19.1 Å². The van der Waals surface area contributed by atoms with Crippen LogP contribution >= 0.6 is 0 Å². The van der Waals surface area contributed by atoms with Gasteiger partial charge in [0, 0.05) is 13.1 Å². The highest BCUT2D eigenvalue weighted by Gasteiger charge is 2.23. The molecule has 0 aromatic heterocycles. The van der Waals surface area contributed by atoms with E-state index in [2.05, 4.69) is 0 Å². The fourth-order valence-corrected chi connectivity index (χ4v) is 2.26. The molecule has 0 saturated carbocycles. The van der Waals surface area contributed by atoms with Gasteiger partial charge in [-0.05, 0) is 26.8 Å². The van der Waals surface area contributed by atoms with Crippen molar-refractivity contribution in [1.29, 1.82) is 0 Å². The molecule has 1 rings (SSSR count). The van der Waals surface area contributed by atoms with Crippen LogP contribution in [0.25, 0.3) is 0 Å². The van der Waals surface area contributed by atoms with Crippen molar-refractivity contribution in [2.45, 2.75) is 33.3 Å². The van der Waals surface area contributed by atoms with Crippen molar-refractivity contribution in [3.8, 4) is 0 Å². The topological polar surface area (TPSA) is 59.1 Å². The van der Waals surface area contributed by atoms with Crippen LogP contribution in [0.2, 0.25) is 0 Å². The zero-order valence-corrected chi connectivity index (χ0v) is 12.8. The van der Waals surface area contributed by atoms with E-state index in [1.807, 2.05) is 23.6 Å². The van der Waals surface area contributed by atoms with Gasteiger partial charge in [0.25, 0.3) is 0 Å². The first-order valence-corrected chi connectivity index (χ1v) is 7.34. The Morgan fingerprint density at radius 3 is 2.70 bits per heavy atom. The highest BCUT2D eigenvalue weighted by molar-refractivity contribution is 5.79. The molecule has 0 aliphatic carbocycles. The Balaban J connectivity index is 2.46. The van der Waals surface area contributed by atoms with E-state index in [-0.39, 0.29) is 31.1 Å². The van der Waals surface area contributed by atoms with E-state index in [4.69, 9.17) is 9.47 Å². The fourth-order valence-electron chi connectivity index (χ4n) is 2.26. The van der Waals surface area contributed by atoms with Crippen LogP contribution in [-0.4, -0.2) is 73.7 Å². The smallest absolute Gasteiger partial charge is 0.320 e. The second kappa shape index (κ2) is 8.92. The number of morpholine rings is 1. The molecule has 1 fully saturated rings. The van der Waals surface area contributed by atoms with Crippen LogP contribution in [0.4, 0.5) is 0 Å². The number of carbonyl (C=O) groups excluding carboxylic acids is 2. The van der Waals surface area contributed by atoms with Crippen LogP contribution in [0.5, 0.6) is 0 Å². The van der Waals surface area contributed by atoms with Crippen LogP contribution in [0, 0.1) is 0 Å². The molecule has 0 aromatic carbocycles. The molecule has 1 saturated heterocycles. The number of hydrogen-bond donors (Lipinski definition) is 0. The Morgan fingerprint density at radius 2 is 2.10 bits per heavy atom. The predicted molar refractivity (Wildman–Crippen MR) is 75.4 cm³/mol. The highest BCUT2D eigenvalue weighted by Crippen LogP contribution is 2.06. The Hall–Kier alpha value is -1.14. The molecule has 0 bridgehead atoms. The lowest BCUT2D eigenvalue weighted by atomic mass is 10.3. The maximum absolute atomic E-state index is 12.2. The van der Waals surface area contributed by atoms with Gasteiger partial charge in [-0.15, -0.1) is 0 Å². The SMILES string of the molecule is CCCN(CC(=O)OCC)CC(=O)N1CCOC(C)C1. The maximum Gasteiger partial charge on any atom is 0.320 e. The molecule has 6 heteroatoms. The molecule has 1 unspecified atom stereocenters. The van der Waals surface area contributed by atoms with Gasteiger partial charge in [-0.1, -0.05) is 6.92 Å². The van der Waals surface area contributed by atoms with Gasteiger partial charge < -0.3 is 14.4 Å². The lowest BCUT2D eigenvalue weighted by Gasteiger charge is -2.32. The van der Waals surface area contributed by atoms with Crippen molar-refractivity contribution in [2.24, 2.45) is 0 Å². The summed E-state index contributed by atoms with van der Waals surface area (Å²) in [4.78, 5) is 27.4. The molecular formula is C14H26N2O4. The summed E-state index contributed by atoms with van der Waals surface area (Å²) >= 11 is 0. The van der Waals surface area contributed by atoms with Gasteiger partial charge in [-0.25, -0.2) is 0 Å². The molecule has 116 valence electrons. The Morgan fingerprint density at radius 1 is 1.35 bits per heavy atom. The lowest BCUT2D eigenvalue weighted by molar-refractivity contribution is -0.146. The maximum atomic E-state index is 12.2. The van der Waals surface area contributed by atoms with Gasteiger partial charge in [0.2, 0.25) is 5.91 Å². The van der Waals surface area contributed by atoms with Crippen molar-refractivity contribution in [1.82, 2.24) is 9.80 Å². The van der Waals surface area contributed by atoms with E-state index in [0.29, 0.717) is 32.8 Å². The molecule has 0 spiro atoms. The van der Waals surface area contributed by atoms with Crippen molar-refractivity contribution >= 4 is 11.9 Å². The van der Waals surface area contributed by atoms with Crippen LogP contribution in [0.3, 0.4) is 0 Å². The van der Waals surface area contributed by atoms with Crippen LogP contribution in [0.1, 0.15) is 27.2 Å². The molecular weight excluding hydrogens is 260 g/mol. The Labute approximate surface area is 121 Å². The molecule has 0 N–H and O–H groups in total. The number of nitrogens with zero attached hydrogens (tertiary/aromatic N) is 2. The fraction of sp³-hybridized carbons (Fsp3) is 0.857. The first kappa shape index (κ1) is 16.9. The van der Waals surface area contributed by atoms with Crippen molar-refractivity contribution < 1.29 is 19.1 Å². The molecule has 1 atom stereocenters. The van der Waals surface area contributed by atoms with Gasteiger partial charge in [0.1, 0.15) is 0 Å². The summed E-state index contributed by atoms with van der Waals surface area (Å²) in [5.74, 6) is -0.220. The van der Waals surface area contributed by atoms with E-state index in [1.54, 1.807) is 6.92 Å². The second-order valence-corrected chi connectivity index (χ2v) is 5.04. The highest BCUT2D eigenvalue weighted by atomic mass is 16.5. The van der Waals surface area contributed by atoms with Crippen molar-refractivity contribution in [3.63, 3.8) is 0 Å². The summed E-state index contributed by atoms with van der Waals surface area (Å²) < 4.78 is 10.4. The minimum atomic E-state index is -0.274. The summed E-state index contributed by atoms with van der Waals surface area (Å²) in [6.45, 7) is 9.12. The first-order chi connectivity index (χ1) is 9.56. The third-order valence-corrected chi connectivity index (χ3v) is 3.15. The number of carbonyl (C=O) groups is 2. The summed E-state index contributed by atoms with van der Waals surface area (Å²) in [6, 6.07) is 0. The lowest BCUT2D eigenvalue weighted by Crippen LogP contribution is -2.49. The standard InChI is InChI=1S/C14H26N2O4/c1-4-6-15(11-14(18)19-5-2)10-13(17)16-7-8-20-12(3)9-16/h12H,4-11H2,1-3H3. The van der Waals surface area contributed by atoms with E-state index in [1.165, 1.54) is 0 Å². The molecule has 1 amide bonds. The summed E-state index contributed by atoms with van der Waals surface area (Å²) in [7, 11) is 0. The van der Waals surface area contributed by atoms with Gasteiger partial charge in [-0.3, -0.25) is 14.5 Å². The Bertz CT molecular complexity index is 322. The first-order valence-electron chi connectivity index (χ1n) is 7.34. The van der Waals surface area contributed by atoms with Gasteiger partial charge >= 0.3 is 5.97 Å². The van der Waals surface area contributed by atoms with Crippen LogP contribution in [0.15, 0.2) is 0 Å². The third-order valence-electron chi connectivity index (χ3n) is 3.15. The van der Waals surface area contributed by atoms with Crippen LogP contribution < -0.4 is 0 Å². The predicted octanol–water partition coefficient (Wildman–Crippen LogP) is 0.509. The monoisotopic (exact) mass is 286 g/mol. The molecule has 1 heterocycles. The van der Waals surface area contributed by atoms with E-state index in [9.17, 15) is 9.59 Å².